The summed E-state index contributed by atoms with van der Waals surface area (Å²) >= 11 is 1.35. The summed E-state index contributed by atoms with van der Waals surface area (Å²) in [6, 6.07) is 7.51. The smallest absolute Gasteiger partial charge is 0.407 e. The second-order valence-corrected chi connectivity index (χ2v) is 7.02. The van der Waals surface area contributed by atoms with Crippen LogP contribution < -0.4 is 10.6 Å². The highest BCUT2D eigenvalue weighted by molar-refractivity contribution is 7.14. The van der Waals surface area contributed by atoms with E-state index < -0.39 is 12.1 Å². The van der Waals surface area contributed by atoms with Gasteiger partial charge in [-0.15, -0.1) is 11.3 Å². The first-order valence-corrected chi connectivity index (χ1v) is 9.61. The van der Waals surface area contributed by atoms with Gasteiger partial charge in [0.2, 0.25) is 5.91 Å². The van der Waals surface area contributed by atoms with E-state index in [9.17, 15) is 9.59 Å². The normalized spacial score (nSPS) is 11.9. The number of thiazole rings is 1. The van der Waals surface area contributed by atoms with Crippen LogP contribution in [0.1, 0.15) is 33.3 Å². The van der Waals surface area contributed by atoms with Crippen LogP contribution in [0.4, 0.5) is 9.93 Å². The number of nitrogens with one attached hydrogen (secondary N) is 2. The molecule has 1 heterocycles. The zero-order valence-corrected chi connectivity index (χ0v) is 16.4. The Bertz CT molecular complexity index is 741. The number of alkyl carbamates (subject to hydrolysis) is 1. The Morgan fingerprint density at radius 3 is 2.46 bits per heavy atom. The van der Waals surface area contributed by atoms with E-state index in [1.807, 2.05) is 31.4 Å². The molecule has 0 saturated carbocycles. The van der Waals surface area contributed by atoms with Crippen LogP contribution in [0.3, 0.4) is 0 Å². The zero-order chi connectivity index (χ0) is 19.1. The summed E-state index contributed by atoms with van der Waals surface area (Å²) in [4.78, 5) is 28.6. The fraction of sp³-hybridized carbons (Fsp3) is 0.421. The van der Waals surface area contributed by atoms with Gasteiger partial charge in [-0.1, -0.05) is 45.0 Å². The number of rotatable bonds is 7. The Morgan fingerprint density at radius 2 is 1.88 bits per heavy atom. The van der Waals surface area contributed by atoms with Gasteiger partial charge in [0.05, 0.1) is 12.3 Å². The Balaban J connectivity index is 2.05. The predicted molar refractivity (Wildman–Crippen MR) is 104 cm³/mol. The molecule has 0 bridgehead atoms. The van der Waals surface area contributed by atoms with Gasteiger partial charge in [0.25, 0.3) is 0 Å². The molecular formula is C19H25N3O3S. The fourth-order valence-electron chi connectivity index (χ4n) is 2.39. The highest BCUT2D eigenvalue weighted by atomic mass is 32.1. The molecule has 0 aliphatic heterocycles. The second kappa shape index (κ2) is 9.33. The van der Waals surface area contributed by atoms with Crippen molar-refractivity contribution < 1.29 is 14.3 Å². The Morgan fingerprint density at radius 1 is 1.19 bits per heavy atom. The third-order valence-electron chi connectivity index (χ3n) is 3.89. The predicted octanol–water partition coefficient (Wildman–Crippen LogP) is 4.08. The van der Waals surface area contributed by atoms with Crippen LogP contribution in [0.5, 0.6) is 0 Å². The van der Waals surface area contributed by atoms with E-state index in [1.165, 1.54) is 16.9 Å². The molecule has 1 aromatic heterocycles. The molecule has 2 aromatic rings. The van der Waals surface area contributed by atoms with Crippen molar-refractivity contribution >= 4 is 28.5 Å². The van der Waals surface area contributed by atoms with Crippen molar-refractivity contribution in [3.8, 4) is 11.3 Å². The fourth-order valence-corrected chi connectivity index (χ4v) is 3.12. The second-order valence-electron chi connectivity index (χ2n) is 6.16. The molecule has 7 heteroatoms. The first kappa shape index (κ1) is 19.9. The summed E-state index contributed by atoms with van der Waals surface area (Å²) < 4.78 is 4.86. The molecule has 2 N–H and O–H groups in total. The monoisotopic (exact) mass is 375 g/mol. The molecule has 1 atom stereocenters. The van der Waals surface area contributed by atoms with Crippen LogP contribution in [-0.4, -0.2) is 29.6 Å². The minimum Gasteiger partial charge on any atom is -0.450 e. The largest absolute Gasteiger partial charge is 0.450 e. The number of anilines is 1. The van der Waals surface area contributed by atoms with Crippen molar-refractivity contribution in [3.63, 3.8) is 0 Å². The van der Waals surface area contributed by atoms with Crippen LogP contribution in [0.25, 0.3) is 11.3 Å². The number of ether oxygens (including phenoxy) is 1. The lowest BCUT2D eigenvalue weighted by Gasteiger charge is -2.20. The highest BCUT2D eigenvalue weighted by Gasteiger charge is 2.25. The lowest BCUT2D eigenvalue weighted by Crippen LogP contribution is -2.47. The molecule has 0 radical (unpaired) electrons. The number of amides is 2. The molecular weight excluding hydrogens is 350 g/mol. The van der Waals surface area contributed by atoms with Gasteiger partial charge < -0.3 is 15.4 Å². The van der Waals surface area contributed by atoms with E-state index in [2.05, 4.69) is 34.7 Å². The molecule has 26 heavy (non-hydrogen) atoms. The van der Waals surface area contributed by atoms with Crippen molar-refractivity contribution in [2.24, 2.45) is 5.92 Å². The van der Waals surface area contributed by atoms with Crippen molar-refractivity contribution in [2.75, 3.05) is 11.9 Å². The number of benzene rings is 1. The number of carbonyl (C=O) groups excluding carboxylic acids is 2. The number of hydrogen-bond donors (Lipinski definition) is 2. The SMILES string of the molecule is CCOC(=O)NC(C(=O)Nc1nc(-c2ccc(CC)cc2)cs1)C(C)C. The molecule has 1 unspecified atom stereocenters. The third-order valence-corrected chi connectivity index (χ3v) is 4.65. The Kier molecular flexibility index (Phi) is 7.15. The first-order valence-electron chi connectivity index (χ1n) is 8.73. The van der Waals surface area contributed by atoms with E-state index in [0.29, 0.717) is 5.13 Å². The minimum absolute atomic E-state index is 0.0829. The standard InChI is InChI=1S/C19H25N3O3S/c1-5-13-7-9-14(10-8-13)15-11-26-18(20-15)22-17(23)16(12(3)4)21-19(24)25-6-2/h7-12,16H,5-6H2,1-4H3,(H,21,24)(H,20,22,23). The average molecular weight is 375 g/mol. The molecule has 0 aliphatic carbocycles. The molecule has 2 rings (SSSR count). The summed E-state index contributed by atoms with van der Waals surface area (Å²) in [7, 11) is 0. The van der Waals surface area contributed by atoms with Crippen molar-refractivity contribution in [1.82, 2.24) is 10.3 Å². The molecule has 6 nitrogen and oxygen atoms in total. The van der Waals surface area contributed by atoms with Crippen LogP contribution in [0, 0.1) is 5.92 Å². The summed E-state index contributed by atoms with van der Waals surface area (Å²) in [6.45, 7) is 7.80. The number of hydrogen-bond acceptors (Lipinski definition) is 5. The Labute approximate surface area is 158 Å². The maximum absolute atomic E-state index is 12.5. The lowest BCUT2D eigenvalue weighted by molar-refractivity contribution is -0.119. The van der Waals surface area contributed by atoms with Crippen LogP contribution in [0.2, 0.25) is 0 Å². The van der Waals surface area contributed by atoms with Gasteiger partial charge in [0.1, 0.15) is 6.04 Å². The van der Waals surface area contributed by atoms with E-state index in [4.69, 9.17) is 4.74 Å². The van der Waals surface area contributed by atoms with Crippen LogP contribution in [-0.2, 0) is 16.0 Å². The average Bonchev–Trinajstić information content (AvgIpc) is 3.08. The molecule has 0 aliphatic rings. The summed E-state index contributed by atoms with van der Waals surface area (Å²) in [5, 5.41) is 7.78. The van der Waals surface area contributed by atoms with Crippen LogP contribution in [0.15, 0.2) is 29.6 Å². The quantitative estimate of drug-likeness (QED) is 0.764. The molecule has 1 aromatic carbocycles. The van der Waals surface area contributed by atoms with E-state index in [0.717, 1.165) is 17.7 Å². The zero-order valence-electron chi connectivity index (χ0n) is 15.5. The summed E-state index contributed by atoms with van der Waals surface area (Å²) in [6.07, 6.45) is 0.389. The summed E-state index contributed by atoms with van der Waals surface area (Å²) in [5.74, 6) is -0.393. The van der Waals surface area contributed by atoms with Gasteiger partial charge in [-0.25, -0.2) is 9.78 Å². The molecule has 0 saturated heterocycles. The van der Waals surface area contributed by atoms with E-state index in [-0.39, 0.29) is 18.4 Å². The van der Waals surface area contributed by atoms with E-state index in [1.54, 1.807) is 6.92 Å². The van der Waals surface area contributed by atoms with Gasteiger partial charge >= 0.3 is 6.09 Å². The van der Waals surface area contributed by atoms with Gasteiger partial charge in [0.15, 0.2) is 5.13 Å². The maximum Gasteiger partial charge on any atom is 0.407 e. The minimum atomic E-state index is -0.690. The van der Waals surface area contributed by atoms with Gasteiger partial charge in [-0.2, -0.15) is 0 Å². The van der Waals surface area contributed by atoms with Crippen molar-refractivity contribution in [1.29, 1.82) is 0 Å². The number of carbonyl (C=O) groups is 2. The van der Waals surface area contributed by atoms with E-state index >= 15 is 0 Å². The first-order chi connectivity index (χ1) is 12.4. The topological polar surface area (TPSA) is 80.3 Å². The van der Waals surface area contributed by atoms with Gasteiger partial charge in [0, 0.05) is 10.9 Å². The van der Waals surface area contributed by atoms with Gasteiger partial charge in [-0.3, -0.25) is 4.79 Å². The maximum atomic E-state index is 12.5. The molecule has 0 spiro atoms. The highest BCUT2D eigenvalue weighted by Crippen LogP contribution is 2.25. The molecule has 140 valence electrons. The third kappa shape index (κ3) is 5.29. The van der Waals surface area contributed by atoms with Gasteiger partial charge in [-0.05, 0) is 24.8 Å². The number of aryl methyl sites for hydroxylation is 1. The van der Waals surface area contributed by atoms with Crippen LogP contribution >= 0.6 is 11.3 Å². The van der Waals surface area contributed by atoms with Crippen molar-refractivity contribution in [2.45, 2.75) is 40.2 Å². The molecule has 2 amide bonds. The molecule has 0 fully saturated rings. The Hall–Kier alpha value is -2.41. The number of aromatic nitrogens is 1. The summed E-state index contributed by atoms with van der Waals surface area (Å²) in [5.41, 5.74) is 3.08. The van der Waals surface area contributed by atoms with Crippen molar-refractivity contribution in [3.05, 3.63) is 35.2 Å². The lowest BCUT2D eigenvalue weighted by atomic mass is 10.0. The number of nitrogens with zero attached hydrogens (tertiary/aromatic N) is 1.